The number of amides is 2. The normalized spacial score (nSPS) is 18.0. The molecule has 2 aromatic rings. The molecule has 1 aliphatic rings. The van der Waals surface area contributed by atoms with Crippen LogP contribution in [0.2, 0.25) is 0 Å². The molecule has 5 nitrogen and oxygen atoms in total. The number of fused-ring (bicyclic) bond motifs is 1. The average Bonchev–Trinajstić information content (AvgIpc) is 3.01. The Morgan fingerprint density at radius 2 is 1.96 bits per heavy atom. The lowest BCUT2D eigenvalue weighted by atomic mass is 9.96. The van der Waals surface area contributed by atoms with Crippen molar-refractivity contribution in [2.75, 3.05) is 13.1 Å². The fraction of sp³-hybridized carbons (Fsp3) is 0.316. The summed E-state index contributed by atoms with van der Waals surface area (Å²) < 4.78 is 18.7. The second kappa shape index (κ2) is 7.11. The molecule has 0 bridgehead atoms. The van der Waals surface area contributed by atoms with Gasteiger partial charge in [-0.25, -0.2) is 9.18 Å². The number of carbonyl (C=O) groups is 1. The van der Waals surface area contributed by atoms with E-state index in [1.807, 2.05) is 24.3 Å². The van der Waals surface area contributed by atoms with E-state index < -0.39 is 5.60 Å². The molecule has 3 N–H and O–H groups in total. The predicted molar refractivity (Wildman–Crippen MR) is 91.9 cm³/mol. The van der Waals surface area contributed by atoms with Crippen LogP contribution in [0, 0.1) is 5.82 Å². The van der Waals surface area contributed by atoms with Gasteiger partial charge in [0.15, 0.2) is 0 Å². The van der Waals surface area contributed by atoms with Crippen LogP contribution in [0.25, 0.3) is 0 Å². The van der Waals surface area contributed by atoms with Crippen LogP contribution in [-0.2, 0) is 12.0 Å². The lowest BCUT2D eigenvalue weighted by Gasteiger charge is -2.24. The molecule has 0 aliphatic carbocycles. The van der Waals surface area contributed by atoms with Gasteiger partial charge < -0.3 is 20.5 Å². The zero-order valence-electron chi connectivity index (χ0n) is 14.0. The zero-order valence-corrected chi connectivity index (χ0v) is 14.0. The van der Waals surface area contributed by atoms with E-state index in [9.17, 15) is 14.3 Å². The number of aliphatic hydroxyl groups is 1. The molecule has 2 atom stereocenters. The van der Waals surface area contributed by atoms with Crippen molar-refractivity contribution in [3.8, 4) is 5.75 Å². The molecule has 0 saturated carbocycles. The molecule has 0 spiro atoms. The van der Waals surface area contributed by atoms with Gasteiger partial charge in [-0.05, 0) is 36.2 Å². The third-order valence-corrected chi connectivity index (χ3v) is 4.26. The minimum Gasteiger partial charge on any atom is -0.488 e. The van der Waals surface area contributed by atoms with Gasteiger partial charge in [0.2, 0.25) is 0 Å². The topological polar surface area (TPSA) is 70.6 Å². The van der Waals surface area contributed by atoms with Crippen LogP contribution >= 0.6 is 0 Å². The van der Waals surface area contributed by atoms with Crippen molar-refractivity contribution in [3.63, 3.8) is 0 Å². The fourth-order valence-electron chi connectivity index (χ4n) is 2.80. The SMILES string of the molecule is CC(O)(CNC(=O)NCC1Cc2ccccc2O1)c1ccc(F)cc1. The lowest BCUT2D eigenvalue weighted by molar-refractivity contribution is 0.0592. The highest BCUT2D eigenvalue weighted by atomic mass is 19.1. The van der Waals surface area contributed by atoms with Crippen LogP contribution in [-0.4, -0.2) is 30.3 Å². The van der Waals surface area contributed by atoms with Crippen molar-refractivity contribution in [3.05, 3.63) is 65.5 Å². The number of hydrogen-bond donors (Lipinski definition) is 3. The van der Waals surface area contributed by atoms with Crippen molar-refractivity contribution in [2.45, 2.75) is 25.0 Å². The third kappa shape index (κ3) is 4.28. The predicted octanol–water partition coefficient (Wildman–Crippen LogP) is 2.34. The maximum atomic E-state index is 13.0. The summed E-state index contributed by atoms with van der Waals surface area (Å²) in [7, 11) is 0. The van der Waals surface area contributed by atoms with Crippen LogP contribution in [0.5, 0.6) is 5.75 Å². The molecule has 2 aromatic carbocycles. The van der Waals surface area contributed by atoms with Crippen LogP contribution in [0.3, 0.4) is 0 Å². The van der Waals surface area contributed by atoms with E-state index in [4.69, 9.17) is 4.74 Å². The van der Waals surface area contributed by atoms with E-state index in [1.165, 1.54) is 24.3 Å². The molecule has 0 saturated heterocycles. The van der Waals surface area contributed by atoms with E-state index >= 15 is 0 Å². The van der Waals surface area contributed by atoms with Gasteiger partial charge >= 0.3 is 6.03 Å². The molecular weight excluding hydrogens is 323 g/mol. The molecule has 25 heavy (non-hydrogen) atoms. The minimum atomic E-state index is -1.29. The summed E-state index contributed by atoms with van der Waals surface area (Å²) in [6.07, 6.45) is 0.657. The summed E-state index contributed by atoms with van der Waals surface area (Å²) in [6.45, 7) is 1.95. The largest absolute Gasteiger partial charge is 0.488 e. The van der Waals surface area contributed by atoms with Gasteiger partial charge in [-0.2, -0.15) is 0 Å². The van der Waals surface area contributed by atoms with Crippen molar-refractivity contribution in [2.24, 2.45) is 0 Å². The number of urea groups is 1. The summed E-state index contributed by atoms with van der Waals surface area (Å²) in [4.78, 5) is 12.0. The summed E-state index contributed by atoms with van der Waals surface area (Å²) in [5, 5.41) is 15.8. The van der Waals surface area contributed by atoms with Gasteiger partial charge in [0.1, 0.15) is 23.3 Å². The monoisotopic (exact) mass is 344 g/mol. The van der Waals surface area contributed by atoms with E-state index in [0.717, 1.165) is 17.7 Å². The third-order valence-electron chi connectivity index (χ3n) is 4.26. The first-order valence-corrected chi connectivity index (χ1v) is 8.19. The molecule has 0 fully saturated rings. The number of hydrogen-bond acceptors (Lipinski definition) is 3. The number of ether oxygens (including phenoxy) is 1. The Kier molecular flexibility index (Phi) is 4.90. The first-order chi connectivity index (χ1) is 11.9. The Bertz CT molecular complexity index is 722. The van der Waals surface area contributed by atoms with Crippen LogP contribution < -0.4 is 15.4 Å². The zero-order chi connectivity index (χ0) is 17.9. The van der Waals surface area contributed by atoms with Crippen molar-refractivity contribution < 1.29 is 19.0 Å². The van der Waals surface area contributed by atoms with E-state index in [2.05, 4.69) is 10.6 Å². The Morgan fingerprint density at radius 3 is 2.68 bits per heavy atom. The number of halogens is 1. The molecule has 6 heteroatoms. The van der Waals surface area contributed by atoms with Crippen molar-refractivity contribution >= 4 is 6.03 Å². The lowest BCUT2D eigenvalue weighted by Crippen LogP contribution is -2.45. The number of nitrogens with one attached hydrogen (secondary N) is 2. The second-order valence-electron chi connectivity index (χ2n) is 6.40. The number of para-hydroxylation sites is 1. The molecule has 1 aliphatic heterocycles. The second-order valence-corrected chi connectivity index (χ2v) is 6.40. The highest BCUT2D eigenvalue weighted by Crippen LogP contribution is 2.27. The Hall–Kier alpha value is -2.60. The fourth-order valence-corrected chi connectivity index (χ4v) is 2.80. The summed E-state index contributed by atoms with van der Waals surface area (Å²) in [5.41, 5.74) is 0.378. The number of carbonyl (C=O) groups excluding carboxylic acids is 1. The van der Waals surface area contributed by atoms with Gasteiger partial charge in [-0.15, -0.1) is 0 Å². The van der Waals surface area contributed by atoms with Crippen molar-refractivity contribution in [1.82, 2.24) is 10.6 Å². The highest BCUT2D eigenvalue weighted by Gasteiger charge is 2.25. The van der Waals surface area contributed by atoms with Gasteiger partial charge in [-0.3, -0.25) is 0 Å². The minimum absolute atomic E-state index is 0.0101. The maximum Gasteiger partial charge on any atom is 0.315 e. The number of benzene rings is 2. The number of rotatable bonds is 5. The quantitative estimate of drug-likeness (QED) is 0.780. The van der Waals surface area contributed by atoms with E-state index in [0.29, 0.717) is 12.1 Å². The van der Waals surface area contributed by atoms with Crippen molar-refractivity contribution in [1.29, 1.82) is 0 Å². The molecule has 2 unspecified atom stereocenters. The van der Waals surface area contributed by atoms with Crippen LogP contribution in [0.15, 0.2) is 48.5 Å². The standard InChI is InChI=1S/C19H21FN2O3/c1-19(24,14-6-8-15(20)9-7-14)12-22-18(23)21-11-16-10-13-4-2-3-5-17(13)25-16/h2-9,16,24H,10-12H2,1H3,(H2,21,22,23). The van der Waals surface area contributed by atoms with E-state index in [1.54, 1.807) is 6.92 Å². The smallest absolute Gasteiger partial charge is 0.315 e. The van der Waals surface area contributed by atoms with Gasteiger partial charge in [-0.1, -0.05) is 30.3 Å². The Balaban J connectivity index is 1.45. The Labute approximate surface area is 145 Å². The van der Waals surface area contributed by atoms with Gasteiger partial charge in [0, 0.05) is 6.42 Å². The van der Waals surface area contributed by atoms with Gasteiger partial charge in [0.25, 0.3) is 0 Å². The molecule has 132 valence electrons. The highest BCUT2D eigenvalue weighted by molar-refractivity contribution is 5.74. The molecular formula is C19H21FN2O3. The molecule has 0 radical (unpaired) electrons. The molecule has 3 rings (SSSR count). The molecule has 0 aromatic heterocycles. The van der Waals surface area contributed by atoms with Crippen LogP contribution in [0.1, 0.15) is 18.1 Å². The summed E-state index contributed by atoms with van der Waals surface area (Å²) in [5.74, 6) is 0.483. The summed E-state index contributed by atoms with van der Waals surface area (Å²) in [6, 6.07) is 13.0. The first kappa shape index (κ1) is 17.2. The first-order valence-electron chi connectivity index (χ1n) is 8.19. The molecule has 1 heterocycles. The average molecular weight is 344 g/mol. The molecule has 2 amide bonds. The summed E-state index contributed by atoms with van der Waals surface area (Å²) >= 11 is 0. The maximum absolute atomic E-state index is 13.0. The van der Waals surface area contributed by atoms with E-state index in [-0.39, 0.29) is 24.5 Å². The Morgan fingerprint density at radius 1 is 1.24 bits per heavy atom. The van der Waals surface area contributed by atoms with Gasteiger partial charge in [0.05, 0.1) is 13.1 Å². The van der Waals surface area contributed by atoms with Crippen LogP contribution in [0.4, 0.5) is 9.18 Å².